The van der Waals surface area contributed by atoms with E-state index >= 15 is 0 Å². The minimum absolute atomic E-state index is 0.181. The average molecular weight is 521 g/mol. The van der Waals surface area contributed by atoms with E-state index in [4.69, 9.17) is 10.2 Å². The summed E-state index contributed by atoms with van der Waals surface area (Å²) in [6.45, 7) is 3.22. The van der Waals surface area contributed by atoms with Crippen LogP contribution in [-0.4, -0.2) is 77.8 Å². The molecule has 2 amide bonds. The second-order valence-electron chi connectivity index (χ2n) is 8.49. The number of hydrogen-bond donors (Lipinski definition) is 3. The van der Waals surface area contributed by atoms with Crippen LogP contribution in [0.15, 0.2) is 54.6 Å². The number of nitrogens with zero attached hydrogens (tertiary/aromatic N) is 3. The number of hydrogen-bond acceptors (Lipinski definition) is 5. The monoisotopic (exact) mass is 520 g/mol. The van der Waals surface area contributed by atoms with Crippen LogP contribution in [0.25, 0.3) is 0 Å². The normalized spacial score (nSPS) is 15.7. The summed E-state index contributed by atoms with van der Waals surface area (Å²) in [6, 6.07) is 11.0. The van der Waals surface area contributed by atoms with Crippen molar-refractivity contribution in [2.45, 2.75) is 12.6 Å². The topological polar surface area (TPSA) is 113 Å². The van der Waals surface area contributed by atoms with Gasteiger partial charge in [-0.05, 0) is 43.3 Å². The maximum Gasteiger partial charge on any atom is 0.416 e. The Morgan fingerprint density at radius 2 is 1.51 bits per heavy atom. The molecule has 37 heavy (non-hydrogen) atoms. The molecule has 2 aliphatic heterocycles. The number of amides is 2. The van der Waals surface area contributed by atoms with Crippen molar-refractivity contribution in [3.8, 4) is 0 Å². The van der Waals surface area contributed by atoms with Gasteiger partial charge in [0.2, 0.25) is 0 Å². The van der Waals surface area contributed by atoms with E-state index in [2.05, 4.69) is 10.2 Å². The quantitative estimate of drug-likeness (QED) is 0.524. The Morgan fingerprint density at radius 3 is 2.11 bits per heavy atom. The summed E-state index contributed by atoms with van der Waals surface area (Å²) in [5, 5.41) is 18.4. The maximum atomic E-state index is 13.3. The molecule has 198 valence electrons. The highest BCUT2D eigenvalue weighted by Crippen LogP contribution is 2.41. The van der Waals surface area contributed by atoms with Crippen molar-refractivity contribution in [2.24, 2.45) is 0 Å². The second-order valence-corrected chi connectivity index (χ2v) is 8.49. The number of fused-ring (bicyclic) bond motifs is 1. The number of benzene rings is 2. The van der Waals surface area contributed by atoms with Gasteiger partial charge in [0.1, 0.15) is 0 Å². The van der Waals surface area contributed by atoms with Crippen LogP contribution in [0.1, 0.15) is 11.1 Å². The third-order valence-corrected chi connectivity index (χ3v) is 5.90. The summed E-state index contributed by atoms with van der Waals surface area (Å²) in [4.78, 5) is 37.6. The van der Waals surface area contributed by atoms with E-state index in [0.717, 1.165) is 42.9 Å². The van der Waals surface area contributed by atoms with Gasteiger partial charge in [-0.3, -0.25) is 0 Å². The molecule has 0 bridgehead atoms. The number of carbonyl (C=O) groups excluding carboxylic acids is 1. The largest absolute Gasteiger partial charge is 0.478 e. The zero-order valence-electron chi connectivity index (χ0n) is 20.0. The molecule has 0 unspecified atom stereocenters. The van der Waals surface area contributed by atoms with E-state index in [-0.39, 0.29) is 11.7 Å². The Balaban J connectivity index is 0.000000414. The van der Waals surface area contributed by atoms with Crippen molar-refractivity contribution in [3.05, 3.63) is 65.7 Å². The van der Waals surface area contributed by atoms with Gasteiger partial charge in [0, 0.05) is 50.6 Å². The second kappa shape index (κ2) is 11.8. The molecule has 0 aliphatic carbocycles. The van der Waals surface area contributed by atoms with Crippen LogP contribution in [0.4, 0.5) is 35.0 Å². The van der Waals surface area contributed by atoms with Crippen LogP contribution in [0.2, 0.25) is 0 Å². The molecule has 2 aromatic carbocycles. The molecule has 1 fully saturated rings. The summed E-state index contributed by atoms with van der Waals surface area (Å²) in [7, 11) is 1.98. The number of piperazine rings is 1. The Hall–Kier alpha value is -4.06. The number of aliphatic carboxylic acids is 2. The van der Waals surface area contributed by atoms with Crippen LogP contribution in [0.3, 0.4) is 0 Å². The predicted octanol–water partition coefficient (Wildman–Crippen LogP) is 3.89. The zero-order chi connectivity index (χ0) is 27.2. The first-order chi connectivity index (χ1) is 17.5. The number of alkyl halides is 3. The van der Waals surface area contributed by atoms with Crippen molar-refractivity contribution in [1.82, 2.24) is 9.80 Å². The molecule has 0 saturated carbocycles. The lowest BCUT2D eigenvalue weighted by atomic mass is 10.1. The highest BCUT2D eigenvalue weighted by atomic mass is 19.4. The van der Waals surface area contributed by atoms with Crippen molar-refractivity contribution < 1.29 is 37.8 Å². The molecule has 2 aliphatic rings. The van der Waals surface area contributed by atoms with Crippen molar-refractivity contribution in [1.29, 1.82) is 0 Å². The van der Waals surface area contributed by atoms with E-state index in [1.54, 1.807) is 4.90 Å². The van der Waals surface area contributed by atoms with E-state index in [0.29, 0.717) is 37.5 Å². The average Bonchev–Trinajstić information content (AvgIpc) is 3.27. The van der Waals surface area contributed by atoms with Gasteiger partial charge >= 0.3 is 24.1 Å². The van der Waals surface area contributed by atoms with Gasteiger partial charge in [0.25, 0.3) is 0 Å². The third kappa shape index (κ3) is 7.46. The number of likely N-dealkylation sites (N-methyl/N-ethyl adjacent to an activating group) is 1. The van der Waals surface area contributed by atoms with E-state index in [1.807, 2.05) is 36.2 Å². The number of para-hydroxylation sites is 1. The minimum Gasteiger partial charge on any atom is -0.478 e. The molecule has 0 aromatic heterocycles. The lowest BCUT2D eigenvalue weighted by Crippen LogP contribution is -2.48. The Labute approximate surface area is 211 Å². The van der Waals surface area contributed by atoms with E-state index in [9.17, 15) is 27.6 Å². The lowest BCUT2D eigenvalue weighted by molar-refractivity contribution is -0.137. The summed E-state index contributed by atoms with van der Waals surface area (Å²) in [5.74, 6) is -2.51. The number of anilines is 3. The van der Waals surface area contributed by atoms with Crippen LogP contribution in [0.5, 0.6) is 0 Å². The Morgan fingerprint density at radius 1 is 0.892 bits per heavy atom. The lowest BCUT2D eigenvalue weighted by Gasteiger charge is -2.33. The smallest absolute Gasteiger partial charge is 0.416 e. The first-order valence-corrected chi connectivity index (χ1v) is 11.4. The van der Waals surface area contributed by atoms with Crippen LogP contribution < -0.4 is 10.2 Å². The van der Waals surface area contributed by atoms with Crippen LogP contribution in [-0.2, 0) is 22.2 Å². The summed E-state index contributed by atoms with van der Waals surface area (Å²) < 4.78 is 39.9. The number of carbonyl (C=O) groups is 3. The number of carboxylic acids is 2. The van der Waals surface area contributed by atoms with Crippen LogP contribution >= 0.6 is 0 Å². The predicted molar refractivity (Wildman–Crippen MR) is 131 cm³/mol. The van der Waals surface area contributed by atoms with Gasteiger partial charge in [-0.25, -0.2) is 14.4 Å². The van der Waals surface area contributed by atoms with Gasteiger partial charge in [-0.15, -0.1) is 0 Å². The fraction of sp³-hybridized carbons (Fsp3) is 0.320. The molecule has 9 nitrogen and oxygen atoms in total. The molecule has 0 atom stereocenters. The van der Waals surface area contributed by atoms with Gasteiger partial charge in [0.05, 0.1) is 16.9 Å². The Kier molecular flexibility index (Phi) is 8.77. The highest BCUT2D eigenvalue weighted by molar-refractivity contribution is 5.95. The molecule has 0 radical (unpaired) electrons. The molecule has 2 heterocycles. The highest BCUT2D eigenvalue weighted by Gasteiger charge is 2.33. The van der Waals surface area contributed by atoms with Crippen molar-refractivity contribution >= 4 is 35.0 Å². The SMILES string of the molecule is CN1CCN(C(=O)Nc2cc(C(F)(F)F)ccc2N2CCc3ccccc32)CC1.O=C(O)/C=C\C(=O)O. The van der Waals surface area contributed by atoms with Gasteiger partial charge in [-0.1, -0.05) is 18.2 Å². The molecule has 1 saturated heterocycles. The molecule has 3 N–H and O–H groups in total. The van der Waals surface area contributed by atoms with Gasteiger partial charge < -0.3 is 30.2 Å². The summed E-state index contributed by atoms with van der Waals surface area (Å²) in [6.07, 6.45) is -2.55. The zero-order valence-corrected chi connectivity index (χ0v) is 20.0. The maximum absolute atomic E-state index is 13.3. The fourth-order valence-electron chi connectivity index (χ4n) is 3.98. The molecule has 4 rings (SSSR count). The molecule has 0 spiro atoms. The number of nitrogens with one attached hydrogen (secondary N) is 1. The molecule has 12 heteroatoms. The van der Waals surface area contributed by atoms with Crippen LogP contribution in [0, 0.1) is 0 Å². The summed E-state index contributed by atoms with van der Waals surface area (Å²) >= 11 is 0. The van der Waals surface area contributed by atoms with E-state index < -0.39 is 23.7 Å². The minimum atomic E-state index is -4.48. The fourth-order valence-corrected chi connectivity index (χ4v) is 3.98. The molecular weight excluding hydrogens is 493 g/mol. The third-order valence-electron chi connectivity index (χ3n) is 5.90. The van der Waals surface area contributed by atoms with Gasteiger partial charge in [-0.2, -0.15) is 13.2 Å². The molecular formula is C25H27F3N4O5. The standard InChI is InChI=1S/C21H23F3N4O.C4H4O4/c1-26-10-12-27(13-11-26)20(29)25-17-14-16(21(22,23)24)6-7-19(17)28-9-8-15-4-2-3-5-18(15)28;5-3(6)1-2-4(7)8/h2-7,14H,8-13H2,1H3,(H,25,29);1-2H,(H,5,6)(H,7,8)/b;2-1-. The number of carboxylic acid groups (broad SMARTS) is 2. The number of rotatable bonds is 4. The Bertz CT molecular complexity index is 1160. The number of halogens is 3. The van der Waals surface area contributed by atoms with Crippen molar-refractivity contribution in [2.75, 3.05) is 50.0 Å². The first kappa shape index (κ1) is 27.5. The summed E-state index contributed by atoms with van der Waals surface area (Å²) in [5.41, 5.74) is 2.08. The first-order valence-electron chi connectivity index (χ1n) is 11.4. The van der Waals surface area contributed by atoms with E-state index in [1.165, 1.54) is 6.07 Å². The van der Waals surface area contributed by atoms with Gasteiger partial charge in [0.15, 0.2) is 0 Å². The number of urea groups is 1. The molecule has 2 aromatic rings. The van der Waals surface area contributed by atoms with Crippen molar-refractivity contribution in [3.63, 3.8) is 0 Å².